The first-order chi connectivity index (χ1) is 16.1. The van der Waals surface area contributed by atoms with Gasteiger partial charge in [-0.2, -0.15) is 0 Å². The third-order valence-corrected chi connectivity index (χ3v) is 5.26. The fourth-order valence-corrected chi connectivity index (χ4v) is 3.24. The van der Waals surface area contributed by atoms with Crippen LogP contribution in [0.1, 0.15) is 38.7 Å². The van der Waals surface area contributed by atoms with Gasteiger partial charge in [-0.05, 0) is 43.7 Å². The van der Waals surface area contributed by atoms with E-state index in [1.165, 1.54) is 0 Å². The van der Waals surface area contributed by atoms with Gasteiger partial charge in [0, 0.05) is 0 Å². The second-order valence-electron chi connectivity index (χ2n) is 8.45. The number of carbonyl (C=O) groups is 4. The van der Waals surface area contributed by atoms with Crippen molar-refractivity contribution in [3.63, 3.8) is 0 Å². The van der Waals surface area contributed by atoms with Gasteiger partial charge < -0.3 is 37.6 Å². The van der Waals surface area contributed by atoms with Crippen LogP contribution in [-0.2, 0) is 25.6 Å². The molecule has 190 valence electrons. The Morgan fingerprint density at radius 3 is 2.06 bits per heavy atom. The summed E-state index contributed by atoms with van der Waals surface area (Å²) in [5, 5.41) is 25.7. The Morgan fingerprint density at radius 2 is 1.53 bits per heavy atom. The molecule has 0 aliphatic carbocycles. The minimum atomic E-state index is -1.50. The van der Waals surface area contributed by atoms with E-state index in [1.807, 2.05) is 30.3 Å². The number of aliphatic carboxylic acids is 1. The van der Waals surface area contributed by atoms with E-state index in [2.05, 4.69) is 16.0 Å². The van der Waals surface area contributed by atoms with Gasteiger partial charge in [0.2, 0.25) is 17.7 Å². The van der Waals surface area contributed by atoms with Crippen LogP contribution in [0.25, 0.3) is 0 Å². The van der Waals surface area contributed by atoms with Crippen molar-refractivity contribution in [2.24, 2.45) is 17.4 Å². The number of carboxylic acid groups (broad SMARTS) is 1. The van der Waals surface area contributed by atoms with E-state index in [9.17, 15) is 19.2 Å². The van der Waals surface area contributed by atoms with Crippen molar-refractivity contribution < 1.29 is 29.4 Å². The summed E-state index contributed by atoms with van der Waals surface area (Å²) in [6, 6.07) is 4.82. The van der Waals surface area contributed by atoms with E-state index in [0.717, 1.165) is 5.56 Å². The molecule has 0 radical (unpaired) electrons. The van der Waals surface area contributed by atoms with Gasteiger partial charge in [0.1, 0.15) is 18.1 Å². The number of benzene rings is 1. The molecule has 3 amide bonds. The topological polar surface area (TPSA) is 197 Å². The highest BCUT2D eigenvalue weighted by Gasteiger charge is 2.31. The van der Waals surface area contributed by atoms with Crippen molar-refractivity contribution in [1.29, 1.82) is 0 Å². The molecule has 0 spiro atoms. The molecule has 0 aromatic heterocycles. The number of amides is 3. The highest BCUT2D eigenvalue weighted by molar-refractivity contribution is 5.94. The van der Waals surface area contributed by atoms with Crippen LogP contribution in [0.5, 0.6) is 0 Å². The standard InChI is InChI=1S/C23H37N5O6/c1-14(2)19(22(32)27-18(13-29)23(33)34)28-21(31)17(10-6-7-11-24)26-20(30)16(25)12-15-8-4-3-5-9-15/h3-5,8-9,14,16-19,29H,6-7,10-13,24-25H2,1-2H3,(H,26,30)(H,27,32)(H,28,31)(H,33,34). The Hall–Kier alpha value is -3.02. The van der Waals surface area contributed by atoms with Gasteiger partial charge in [-0.1, -0.05) is 44.2 Å². The van der Waals surface area contributed by atoms with E-state index in [1.54, 1.807) is 13.8 Å². The van der Waals surface area contributed by atoms with Gasteiger partial charge >= 0.3 is 5.97 Å². The van der Waals surface area contributed by atoms with Gasteiger partial charge in [-0.3, -0.25) is 14.4 Å². The lowest BCUT2D eigenvalue weighted by atomic mass is 10.0. The number of hydrogen-bond acceptors (Lipinski definition) is 7. The zero-order chi connectivity index (χ0) is 25.7. The molecule has 0 aliphatic rings. The van der Waals surface area contributed by atoms with Gasteiger partial charge in [0.15, 0.2) is 0 Å². The average Bonchev–Trinajstić information content (AvgIpc) is 2.80. The number of unbranched alkanes of at least 4 members (excludes halogenated alkanes) is 1. The number of aliphatic hydroxyl groups is 1. The number of rotatable bonds is 15. The molecule has 1 aromatic carbocycles. The summed E-state index contributed by atoms with van der Waals surface area (Å²) in [5.41, 5.74) is 12.5. The molecule has 11 nitrogen and oxygen atoms in total. The fraction of sp³-hybridized carbons (Fsp3) is 0.565. The molecule has 0 fully saturated rings. The van der Waals surface area contributed by atoms with Gasteiger partial charge in [-0.25, -0.2) is 4.79 Å². The van der Waals surface area contributed by atoms with E-state index in [-0.39, 0.29) is 6.42 Å². The number of nitrogens with one attached hydrogen (secondary N) is 3. The first-order valence-electron chi connectivity index (χ1n) is 11.3. The lowest BCUT2D eigenvalue weighted by Gasteiger charge is -2.27. The van der Waals surface area contributed by atoms with Gasteiger partial charge in [0.25, 0.3) is 0 Å². The molecule has 0 bridgehead atoms. The maximum absolute atomic E-state index is 13.0. The molecule has 0 aliphatic heterocycles. The monoisotopic (exact) mass is 479 g/mol. The maximum atomic E-state index is 13.0. The van der Waals surface area contributed by atoms with E-state index in [0.29, 0.717) is 25.8 Å². The third-order valence-electron chi connectivity index (χ3n) is 5.26. The Morgan fingerprint density at radius 1 is 0.912 bits per heavy atom. The molecule has 4 unspecified atom stereocenters. The van der Waals surface area contributed by atoms with Crippen molar-refractivity contribution in [3.05, 3.63) is 35.9 Å². The normalized spacial score (nSPS) is 14.5. The van der Waals surface area contributed by atoms with E-state index < -0.39 is 60.4 Å². The molecular formula is C23H37N5O6. The van der Waals surface area contributed by atoms with Crippen LogP contribution >= 0.6 is 0 Å². The summed E-state index contributed by atoms with van der Waals surface area (Å²) in [6.07, 6.45) is 1.78. The van der Waals surface area contributed by atoms with Crippen LogP contribution < -0.4 is 27.4 Å². The molecule has 11 heteroatoms. The summed E-state index contributed by atoms with van der Waals surface area (Å²) in [4.78, 5) is 49.4. The second kappa shape index (κ2) is 15.0. The highest BCUT2D eigenvalue weighted by atomic mass is 16.4. The summed E-state index contributed by atoms with van der Waals surface area (Å²) >= 11 is 0. The quantitative estimate of drug-likeness (QED) is 0.153. The zero-order valence-electron chi connectivity index (χ0n) is 19.7. The molecule has 1 aromatic rings. The molecule has 0 saturated carbocycles. The SMILES string of the molecule is CC(C)C(NC(=O)C(CCCCN)NC(=O)C(N)Cc1ccccc1)C(=O)NC(CO)C(=O)O. The van der Waals surface area contributed by atoms with Crippen LogP contribution in [0, 0.1) is 5.92 Å². The van der Waals surface area contributed by atoms with Crippen LogP contribution in [0.3, 0.4) is 0 Å². The van der Waals surface area contributed by atoms with Gasteiger partial charge in [0.05, 0.1) is 12.6 Å². The van der Waals surface area contributed by atoms with Crippen molar-refractivity contribution in [2.75, 3.05) is 13.2 Å². The van der Waals surface area contributed by atoms with Crippen LogP contribution in [0.15, 0.2) is 30.3 Å². The Kier molecular flexibility index (Phi) is 12.8. The molecule has 1 rings (SSSR count). The van der Waals surface area contributed by atoms with Crippen molar-refractivity contribution >= 4 is 23.7 Å². The lowest BCUT2D eigenvalue weighted by molar-refractivity contribution is -0.143. The highest BCUT2D eigenvalue weighted by Crippen LogP contribution is 2.08. The van der Waals surface area contributed by atoms with E-state index >= 15 is 0 Å². The summed E-state index contributed by atoms with van der Waals surface area (Å²) in [5.74, 6) is -3.64. The van der Waals surface area contributed by atoms with Crippen molar-refractivity contribution in [1.82, 2.24) is 16.0 Å². The number of aliphatic hydroxyl groups excluding tert-OH is 1. The summed E-state index contributed by atoms with van der Waals surface area (Å²) in [7, 11) is 0. The minimum Gasteiger partial charge on any atom is -0.480 e. The van der Waals surface area contributed by atoms with Crippen LogP contribution in [-0.4, -0.2) is 71.2 Å². The molecule has 4 atom stereocenters. The zero-order valence-corrected chi connectivity index (χ0v) is 19.7. The van der Waals surface area contributed by atoms with E-state index in [4.69, 9.17) is 21.7 Å². The fourth-order valence-electron chi connectivity index (χ4n) is 3.24. The first kappa shape index (κ1) is 29.0. The van der Waals surface area contributed by atoms with Crippen LogP contribution in [0.4, 0.5) is 0 Å². The largest absolute Gasteiger partial charge is 0.480 e. The Labute approximate surface area is 199 Å². The summed E-state index contributed by atoms with van der Waals surface area (Å²) < 4.78 is 0. The third kappa shape index (κ3) is 9.86. The molecule has 34 heavy (non-hydrogen) atoms. The molecule has 9 N–H and O–H groups in total. The lowest BCUT2D eigenvalue weighted by Crippen LogP contribution is -2.58. The van der Waals surface area contributed by atoms with Crippen molar-refractivity contribution in [2.45, 2.75) is 63.7 Å². The smallest absolute Gasteiger partial charge is 0.328 e. The van der Waals surface area contributed by atoms with Crippen LogP contribution in [0.2, 0.25) is 0 Å². The Balaban J connectivity index is 2.89. The first-order valence-corrected chi connectivity index (χ1v) is 11.3. The Bertz CT molecular complexity index is 804. The average molecular weight is 480 g/mol. The van der Waals surface area contributed by atoms with Crippen molar-refractivity contribution in [3.8, 4) is 0 Å². The molecular weight excluding hydrogens is 442 g/mol. The second-order valence-corrected chi connectivity index (χ2v) is 8.45. The maximum Gasteiger partial charge on any atom is 0.328 e. The predicted molar refractivity (Wildman–Crippen MR) is 126 cm³/mol. The minimum absolute atomic E-state index is 0.285. The van der Waals surface area contributed by atoms with Gasteiger partial charge in [-0.15, -0.1) is 0 Å². The molecule has 0 saturated heterocycles. The number of carboxylic acids is 1. The number of nitrogens with two attached hydrogens (primary N) is 2. The summed E-state index contributed by atoms with van der Waals surface area (Å²) in [6.45, 7) is 2.98. The predicted octanol–water partition coefficient (Wildman–Crippen LogP) is -1.13. The number of carbonyl (C=O) groups excluding carboxylic acids is 3. The number of hydrogen-bond donors (Lipinski definition) is 7. The molecule has 0 heterocycles.